The van der Waals surface area contributed by atoms with Crippen molar-refractivity contribution in [1.82, 2.24) is 19.5 Å². The Morgan fingerprint density at radius 3 is 2.88 bits per heavy atom. The van der Waals surface area contributed by atoms with Gasteiger partial charge < -0.3 is 30.1 Å². The summed E-state index contributed by atoms with van der Waals surface area (Å²) < 4.78 is 22.6. The molecule has 0 radical (unpaired) electrons. The van der Waals surface area contributed by atoms with Crippen LogP contribution in [-0.2, 0) is 20.4 Å². The van der Waals surface area contributed by atoms with E-state index in [0.717, 1.165) is 5.56 Å². The molecule has 2 aromatic heterocycles. The number of carbonyl (C=O) groups is 1. The number of phosphoric acid groups is 1. The number of carboxylic acid groups (broad SMARTS) is 1. The van der Waals surface area contributed by atoms with Crippen LogP contribution in [0.2, 0.25) is 0 Å². The van der Waals surface area contributed by atoms with Crippen molar-refractivity contribution in [3.8, 4) is 0 Å². The minimum atomic E-state index is -4.68. The highest BCUT2D eigenvalue weighted by molar-refractivity contribution is 7.46. The van der Waals surface area contributed by atoms with Gasteiger partial charge in [0.05, 0.1) is 24.6 Å². The molecular formula is C18H20N5O8P. The number of fused-ring (bicyclic) bond motifs is 1. The van der Waals surface area contributed by atoms with Crippen LogP contribution in [0.25, 0.3) is 11.2 Å². The number of ether oxygens (including phenoxy) is 1. The predicted octanol–water partition coefficient (Wildman–Crippen LogP) is 0.894. The summed E-state index contributed by atoms with van der Waals surface area (Å²) in [5.41, 5.74) is 1.78. The summed E-state index contributed by atoms with van der Waals surface area (Å²) in [5, 5.41) is 22.4. The Kier molecular flexibility index (Phi) is 6.20. The zero-order chi connectivity index (χ0) is 22.9. The Hall–Kier alpha value is -2.93. The Balaban J connectivity index is 1.49. The van der Waals surface area contributed by atoms with Crippen LogP contribution in [0.1, 0.15) is 28.6 Å². The van der Waals surface area contributed by atoms with Crippen LogP contribution in [0.3, 0.4) is 0 Å². The van der Waals surface area contributed by atoms with Gasteiger partial charge in [-0.2, -0.15) is 0 Å². The van der Waals surface area contributed by atoms with Crippen LogP contribution in [0.5, 0.6) is 0 Å². The Bertz CT molecular complexity index is 1180. The largest absolute Gasteiger partial charge is 0.478 e. The average molecular weight is 465 g/mol. The Labute approximate surface area is 180 Å². The number of rotatable bonds is 8. The topological polar surface area (TPSA) is 189 Å². The number of phosphoric ester groups is 1. The van der Waals surface area contributed by atoms with Gasteiger partial charge in [-0.15, -0.1) is 0 Å². The lowest BCUT2D eigenvalue weighted by molar-refractivity contribution is -0.0424. The monoisotopic (exact) mass is 465 g/mol. The van der Waals surface area contributed by atoms with Crippen LogP contribution >= 0.6 is 7.82 Å². The molecular weight excluding hydrogens is 445 g/mol. The van der Waals surface area contributed by atoms with Crippen molar-refractivity contribution in [2.75, 3.05) is 11.9 Å². The average Bonchev–Trinajstić information content (AvgIpc) is 3.34. The molecule has 1 aromatic carbocycles. The molecule has 170 valence electrons. The minimum Gasteiger partial charge on any atom is -0.478 e. The number of nitrogens with one attached hydrogen (secondary N) is 1. The van der Waals surface area contributed by atoms with E-state index in [1.807, 2.05) is 0 Å². The molecule has 3 atom stereocenters. The van der Waals surface area contributed by atoms with Gasteiger partial charge in [-0.25, -0.2) is 24.3 Å². The first-order valence-electron chi connectivity index (χ1n) is 9.48. The second-order valence-corrected chi connectivity index (χ2v) is 8.36. The first kappa shape index (κ1) is 22.3. The lowest BCUT2D eigenvalue weighted by Gasteiger charge is -2.16. The Morgan fingerprint density at radius 1 is 1.31 bits per heavy atom. The number of aliphatic hydroxyl groups is 1. The molecule has 0 spiro atoms. The molecule has 1 aliphatic heterocycles. The first-order chi connectivity index (χ1) is 15.2. The number of imidazole rings is 1. The molecule has 0 amide bonds. The molecule has 3 aromatic rings. The number of aromatic nitrogens is 4. The van der Waals surface area contributed by atoms with Gasteiger partial charge in [-0.05, 0) is 17.7 Å². The van der Waals surface area contributed by atoms with E-state index < -0.39 is 38.8 Å². The van der Waals surface area contributed by atoms with E-state index in [2.05, 4.69) is 24.8 Å². The fraction of sp³-hybridized carbons (Fsp3) is 0.333. The number of anilines is 1. The minimum absolute atomic E-state index is 0.148. The second kappa shape index (κ2) is 8.90. The molecule has 1 aliphatic rings. The summed E-state index contributed by atoms with van der Waals surface area (Å²) in [5.74, 6) is -0.590. The van der Waals surface area contributed by atoms with E-state index in [4.69, 9.17) is 19.6 Å². The maximum atomic E-state index is 11.1. The van der Waals surface area contributed by atoms with Gasteiger partial charge in [-0.3, -0.25) is 9.09 Å². The van der Waals surface area contributed by atoms with Gasteiger partial charge in [-0.1, -0.05) is 12.1 Å². The normalized spacial score (nSPS) is 21.2. The molecule has 1 fully saturated rings. The number of hydrogen-bond donors (Lipinski definition) is 5. The standard InChI is InChI=1S/C18H20N5O8P/c24-12-5-14(31-13(12)7-30-32(27,28)29)23-9-22-15-16(20-8-21-17(15)23)19-6-10-2-1-3-11(4-10)18(25)26/h1-4,8-9,12-14,24H,5-7H2,(H,25,26)(H,19,20,21)(H2,27,28,29)/t12-,13-,14-/m1/s1. The number of nitrogens with zero attached hydrogens (tertiary/aromatic N) is 4. The van der Waals surface area contributed by atoms with Gasteiger partial charge >= 0.3 is 13.8 Å². The van der Waals surface area contributed by atoms with E-state index in [0.29, 0.717) is 23.5 Å². The predicted molar refractivity (Wildman–Crippen MR) is 109 cm³/mol. The summed E-state index contributed by atoms with van der Waals surface area (Å²) in [6.45, 7) is -0.160. The van der Waals surface area contributed by atoms with E-state index >= 15 is 0 Å². The molecule has 1 saturated heterocycles. The first-order valence-corrected chi connectivity index (χ1v) is 11.0. The smallest absolute Gasteiger partial charge is 0.469 e. The van der Waals surface area contributed by atoms with Crippen molar-refractivity contribution in [3.05, 3.63) is 48.0 Å². The van der Waals surface area contributed by atoms with Crippen molar-refractivity contribution in [2.24, 2.45) is 0 Å². The maximum Gasteiger partial charge on any atom is 0.469 e. The molecule has 13 nitrogen and oxygen atoms in total. The van der Waals surface area contributed by atoms with Gasteiger partial charge in [0.15, 0.2) is 17.0 Å². The molecule has 14 heteroatoms. The van der Waals surface area contributed by atoms with Crippen LogP contribution in [0, 0.1) is 0 Å². The molecule has 4 rings (SSSR count). The van der Waals surface area contributed by atoms with E-state index in [9.17, 15) is 14.5 Å². The fourth-order valence-electron chi connectivity index (χ4n) is 3.40. The summed E-state index contributed by atoms with van der Waals surface area (Å²) in [7, 11) is -4.68. The molecule has 3 heterocycles. The van der Waals surface area contributed by atoms with Crippen molar-refractivity contribution in [3.63, 3.8) is 0 Å². The highest BCUT2D eigenvalue weighted by Crippen LogP contribution is 2.38. The highest BCUT2D eigenvalue weighted by Gasteiger charge is 2.37. The van der Waals surface area contributed by atoms with Crippen LogP contribution in [0.15, 0.2) is 36.9 Å². The van der Waals surface area contributed by atoms with Crippen LogP contribution in [-0.4, -0.2) is 64.3 Å². The van der Waals surface area contributed by atoms with Gasteiger partial charge in [0.2, 0.25) is 0 Å². The molecule has 0 aliphatic carbocycles. The Morgan fingerprint density at radius 2 is 2.12 bits per heavy atom. The molecule has 32 heavy (non-hydrogen) atoms. The van der Waals surface area contributed by atoms with Gasteiger partial charge in [0.25, 0.3) is 0 Å². The van der Waals surface area contributed by atoms with Crippen molar-refractivity contribution >= 4 is 30.8 Å². The van der Waals surface area contributed by atoms with E-state index in [1.165, 1.54) is 18.7 Å². The number of benzene rings is 1. The summed E-state index contributed by atoms with van der Waals surface area (Å²) in [6.07, 6.45) is 0.358. The number of hydrogen-bond acceptors (Lipinski definition) is 9. The number of carboxylic acids is 1. The van der Waals surface area contributed by atoms with Gasteiger partial charge in [0, 0.05) is 13.0 Å². The van der Waals surface area contributed by atoms with Crippen molar-refractivity contribution < 1.29 is 38.6 Å². The lowest BCUT2D eigenvalue weighted by Crippen LogP contribution is -2.25. The number of aromatic carboxylic acids is 1. The lowest BCUT2D eigenvalue weighted by atomic mass is 10.1. The SMILES string of the molecule is O=C(O)c1cccc(CNc2ncnc3c2ncn3[C@H]2C[C@@H](O)[C@@H](COP(=O)(O)O)O2)c1. The second-order valence-electron chi connectivity index (χ2n) is 7.12. The van der Waals surface area contributed by atoms with Crippen molar-refractivity contribution in [1.29, 1.82) is 0 Å². The molecule has 0 saturated carbocycles. The molecule has 5 N–H and O–H groups in total. The highest BCUT2D eigenvalue weighted by atomic mass is 31.2. The number of aliphatic hydroxyl groups excluding tert-OH is 1. The molecule has 0 bridgehead atoms. The summed E-state index contributed by atoms with van der Waals surface area (Å²) in [6, 6.07) is 6.49. The third-order valence-electron chi connectivity index (χ3n) is 4.91. The zero-order valence-corrected chi connectivity index (χ0v) is 17.4. The van der Waals surface area contributed by atoms with E-state index in [-0.39, 0.29) is 12.0 Å². The quantitative estimate of drug-likeness (QED) is 0.296. The van der Waals surface area contributed by atoms with Crippen LogP contribution in [0.4, 0.5) is 5.82 Å². The summed E-state index contributed by atoms with van der Waals surface area (Å²) in [4.78, 5) is 41.6. The summed E-state index contributed by atoms with van der Waals surface area (Å²) >= 11 is 0. The fourth-order valence-corrected chi connectivity index (χ4v) is 3.74. The van der Waals surface area contributed by atoms with Crippen LogP contribution < -0.4 is 5.32 Å². The molecule has 0 unspecified atom stereocenters. The maximum absolute atomic E-state index is 11.1. The van der Waals surface area contributed by atoms with E-state index in [1.54, 1.807) is 22.8 Å². The van der Waals surface area contributed by atoms with Gasteiger partial charge in [0.1, 0.15) is 18.7 Å². The third kappa shape index (κ3) is 4.93. The zero-order valence-electron chi connectivity index (χ0n) is 16.5. The third-order valence-corrected chi connectivity index (χ3v) is 5.40. The van der Waals surface area contributed by atoms with Crippen molar-refractivity contribution in [2.45, 2.75) is 31.4 Å².